The predicted molar refractivity (Wildman–Crippen MR) is 76.7 cm³/mol. The zero-order valence-corrected chi connectivity index (χ0v) is 12.3. The predicted octanol–water partition coefficient (Wildman–Crippen LogP) is 3.83. The van der Waals surface area contributed by atoms with E-state index in [1.54, 1.807) is 0 Å². The van der Waals surface area contributed by atoms with Crippen LogP contribution in [0.4, 0.5) is 4.79 Å². The molecule has 0 aliphatic heterocycles. The fourth-order valence-electron chi connectivity index (χ4n) is 2.86. The van der Waals surface area contributed by atoms with Crippen LogP contribution in [-0.4, -0.2) is 18.1 Å². The van der Waals surface area contributed by atoms with E-state index in [0.29, 0.717) is 12.0 Å². The summed E-state index contributed by atoms with van der Waals surface area (Å²) in [5.41, 5.74) is 0. The molecule has 1 aliphatic rings. The minimum absolute atomic E-state index is 0.0108. The van der Waals surface area contributed by atoms with Gasteiger partial charge in [-0.2, -0.15) is 0 Å². The van der Waals surface area contributed by atoms with Gasteiger partial charge in [-0.1, -0.05) is 39.0 Å². The average Bonchev–Trinajstić information content (AvgIpc) is 2.34. The summed E-state index contributed by atoms with van der Waals surface area (Å²) in [6.45, 7) is 6.22. The molecule has 2 N–H and O–H groups in total. The van der Waals surface area contributed by atoms with Gasteiger partial charge in [-0.05, 0) is 39.0 Å². The normalized spacial score (nSPS) is 18.7. The molecule has 3 nitrogen and oxygen atoms in total. The molecular weight excluding hydrogens is 224 g/mol. The van der Waals surface area contributed by atoms with Gasteiger partial charge in [-0.3, -0.25) is 0 Å². The summed E-state index contributed by atoms with van der Waals surface area (Å²) in [6.07, 6.45) is 10.2. The maximum Gasteiger partial charge on any atom is 0.315 e. The highest BCUT2D eigenvalue weighted by Crippen LogP contribution is 2.28. The van der Waals surface area contributed by atoms with Crippen molar-refractivity contribution in [1.82, 2.24) is 10.6 Å². The summed E-state index contributed by atoms with van der Waals surface area (Å²) >= 11 is 0. The highest BCUT2D eigenvalue weighted by molar-refractivity contribution is 5.74. The van der Waals surface area contributed by atoms with Gasteiger partial charge in [-0.25, -0.2) is 4.79 Å². The highest BCUT2D eigenvalue weighted by atomic mass is 16.2. The molecule has 0 bridgehead atoms. The van der Waals surface area contributed by atoms with Crippen molar-refractivity contribution in [2.24, 2.45) is 5.92 Å². The summed E-state index contributed by atoms with van der Waals surface area (Å²) in [4.78, 5) is 11.8. The first kappa shape index (κ1) is 15.3. The molecule has 0 aromatic rings. The second-order valence-corrected chi connectivity index (χ2v) is 5.92. The second-order valence-electron chi connectivity index (χ2n) is 5.92. The molecule has 1 saturated carbocycles. The molecule has 2 amide bonds. The maximum absolute atomic E-state index is 11.8. The van der Waals surface area contributed by atoms with E-state index in [2.05, 4.69) is 17.6 Å². The molecule has 0 saturated heterocycles. The van der Waals surface area contributed by atoms with Crippen LogP contribution in [0.3, 0.4) is 0 Å². The Hall–Kier alpha value is -0.730. The molecule has 1 unspecified atom stereocenters. The van der Waals surface area contributed by atoms with Gasteiger partial charge in [0.05, 0.1) is 0 Å². The van der Waals surface area contributed by atoms with Crippen LogP contribution in [0.5, 0.6) is 0 Å². The van der Waals surface area contributed by atoms with Crippen molar-refractivity contribution in [1.29, 1.82) is 0 Å². The maximum atomic E-state index is 11.8. The van der Waals surface area contributed by atoms with Gasteiger partial charge in [0.1, 0.15) is 0 Å². The largest absolute Gasteiger partial charge is 0.336 e. The smallest absolute Gasteiger partial charge is 0.315 e. The number of hydrogen-bond acceptors (Lipinski definition) is 1. The van der Waals surface area contributed by atoms with E-state index >= 15 is 0 Å². The molecule has 18 heavy (non-hydrogen) atoms. The van der Waals surface area contributed by atoms with Crippen LogP contribution >= 0.6 is 0 Å². The van der Waals surface area contributed by atoms with E-state index in [-0.39, 0.29) is 12.1 Å². The van der Waals surface area contributed by atoms with Gasteiger partial charge in [0.25, 0.3) is 0 Å². The fourth-order valence-corrected chi connectivity index (χ4v) is 2.86. The molecule has 1 atom stereocenters. The van der Waals surface area contributed by atoms with Gasteiger partial charge in [0.15, 0.2) is 0 Å². The first-order valence-corrected chi connectivity index (χ1v) is 7.70. The molecule has 1 rings (SSSR count). The van der Waals surface area contributed by atoms with Crippen LogP contribution in [-0.2, 0) is 0 Å². The van der Waals surface area contributed by atoms with Crippen molar-refractivity contribution in [2.45, 2.75) is 84.2 Å². The Bertz CT molecular complexity index is 235. The minimum atomic E-state index is 0.0108. The van der Waals surface area contributed by atoms with Crippen LogP contribution in [0, 0.1) is 5.92 Å². The zero-order chi connectivity index (χ0) is 13.4. The lowest BCUT2D eigenvalue weighted by molar-refractivity contribution is 0.215. The third-order valence-electron chi connectivity index (χ3n) is 3.82. The van der Waals surface area contributed by atoms with Crippen molar-refractivity contribution >= 4 is 6.03 Å². The van der Waals surface area contributed by atoms with Crippen molar-refractivity contribution in [3.8, 4) is 0 Å². The van der Waals surface area contributed by atoms with Crippen LogP contribution < -0.4 is 10.6 Å². The first-order valence-electron chi connectivity index (χ1n) is 7.70. The van der Waals surface area contributed by atoms with E-state index in [4.69, 9.17) is 0 Å². The van der Waals surface area contributed by atoms with Gasteiger partial charge in [0, 0.05) is 12.1 Å². The number of rotatable bonds is 6. The molecule has 0 heterocycles. The third-order valence-corrected chi connectivity index (χ3v) is 3.82. The Balaban J connectivity index is 2.45. The Labute approximate surface area is 112 Å². The Morgan fingerprint density at radius 2 is 1.83 bits per heavy atom. The molecule has 3 heteroatoms. The zero-order valence-electron chi connectivity index (χ0n) is 12.3. The quantitative estimate of drug-likeness (QED) is 0.743. The van der Waals surface area contributed by atoms with Crippen LogP contribution in [0.1, 0.15) is 72.1 Å². The minimum Gasteiger partial charge on any atom is -0.336 e. The molecule has 0 radical (unpaired) electrons. The lowest BCUT2D eigenvalue weighted by Crippen LogP contribution is -2.47. The number of carbonyl (C=O) groups is 1. The summed E-state index contributed by atoms with van der Waals surface area (Å²) in [6, 6.07) is 0.601. The number of hydrogen-bond donors (Lipinski definition) is 2. The molecular formula is C15H30N2O. The summed E-state index contributed by atoms with van der Waals surface area (Å²) in [5, 5.41) is 6.14. The highest BCUT2D eigenvalue weighted by Gasteiger charge is 2.24. The molecule has 106 valence electrons. The number of urea groups is 1. The second kappa shape index (κ2) is 8.39. The summed E-state index contributed by atoms with van der Waals surface area (Å²) < 4.78 is 0. The topological polar surface area (TPSA) is 41.1 Å². The average molecular weight is 254 g/mol. The Kier molecular flexibility index (Phi) is 7.14. The lowest BCUT2D eigenvalue weighted by Gasteiger charge is -2.31. The summed E-state index contributed by atoms with van der Waals surface area (Å²) in [7, 11) is 0. The fraction of sp³-hybridized carbons (Fsp3) is 0.933. The molecule has 0 aromatic heterocycles. The number of nitrogens with one attached hydrogen (secondary N) is 2. The summed E-state index contributed by atoms with van der Waals surface area (Å²) in [5.74, 6) is 0.697. The monoisotopic (exact) mass is 254 g/mol. The molecule has 0 aromatic carbocycles. The van der Waals surface area contributed by atoms with E-state index in [1.807, 2.05) is 13.8 Å². The Morgan fingerprint density at radius 3 is 2.39 bits per heavy atom. The number of amides is 2. The van der Waals surface area contributed by atoms with Crippen LogP contribution in [0.2, 0.25) is 0 Å². The van der Waals surface area contributed by atoms with Crippen molar-refractivity contribution in [2.75, 3.05) is 0 Å². The van der Waals surface area contributed by atoms with Crippen LogP contribution in [0.15, 0.2) is 0 Å². The van der Waals surface area contributed by atoms with Crippen molar-refractivity contribution < 1.29 is 4.79 Å². The Morgan fingerprint density at radius 1 is 1.17 bits per heavy atom. The standard InChI is InChI=1S/C15H30N2O/c1-4-5-11-14(13-9-7-6-8-10-13)17-15(18)16-12(2)3/h12-14H,4-11H2,1-3H3,(H2,16,17,18). The van der Waals surface area contributed by atoms with E-state index in [1.165, 1.54) is 44.9 Å². The van der Waals surface area contributed by atoms with Gasteiger partial charge >= 0.3 is 6.03 Å². The first-order chi connectivity index (χ1) is 8.63. The van der Waals surface area contributed by atoms with Crippen molar-refractivity contribution in [3.63, 3.8) is 0 Å². The van der Waals surface area contributed by atoms with Gasteiger partial charge in [0.2, 0.25) is 0 Å². The molecule has 0 spiro atoms. The van der Waals surface area contributed by atoms with E-state index in [0.717, 1.165) is 6.42 Å². The van der Waals surface area contributed by atoms with E-state index < -0.39 is 0 Å². The SMILES string of the molecule is CCCCC(NC(=O)NC(C)C)C1CCCCC1. The molecule has 1 aliphatic carbocycles. The van der Waals surface area contributed by atoms with Crippen LogP contribution in [0.25, 0.3) is 0 Å². The third kappa shape index (κ3) is 5.74. The van der Waals surface area contributed by atoms with E-state index in [9.17, 15) is 4.79 Å². The number of carbonyl (C=O) groups excluding carboxylic acids is 1. The number of unbranched alkanes of at least 4 members (excludes halogenated alkanes) is 1. The van der Waals surface area contributed by atoms with Gasteiger partial charge < -0.3 is 10.6 Å². The molecule has 1 fully saturated rings. The van der Waals surface area contributed by atoms with Gasteiger partial charge in [-0.15, -0.1) is 0 Å². The van der Waals surface area contributed by atoms with Crippen molar-refractivity contribution in [3.05, 3.63) is 0 Å². The lowest BCUT2D eigenvalue weighted by atomic mass is 9.82.